The van der Waals surface area contributed by atoms with E-state index < -0.39 is 0 Å². The average Bonchev–Trinajstić information content (AvgIpc) is 2.90. The summed E-state index contributed by atoms with van der Waals surface area (Å²) in [5.41, 5.74) is 3.67. The fraction of sp³-hybridized carbons (Fsp3) is 0. The molecular weight excluding hydrogens is 228 g/mol. The van der Waals surface area contributed by atoms with E-state index >= 15 is 0 Å². The number of aromatic nitrogens is 2. The monoisotopic (exact) mass is 238 g/mol. The first-order chi connectivity index (χ1) is 8.45. The highest BCUT2D eigenvalue weighted by Gasteiger charge is 2.08. The predicted molar refractivity (Wildman–Crippen MR) is 70.8 cm³/mol. The summed E-state index contributed by atoms with van der Waals surface area (Å²) in [4.78, 5) is 9.38. The quantitative estimate of drug-likeness (QED) is 0.677. The van der Waals surface area contributed by atoms with Crippen molar-refractivity contribution in [2.75, 3.05) is 0 Å². The third-order valence-corrected chi connectivity index (χ3v) is 3.56. The van der Waals surface area contributed by atoms with Gasteiger partial charge in [-0.2, -0.15) is 0 Å². The SMILES string of the molecule is c1cc(-c2ccsc2-c2ccncc2)ccn1. The third-order valence-electron chi connectivity index (χ3n) is 2.60. The average molecular weight is 238 g/mol. The second kappa shape index (κ2) is 4.47. The largest absolute Gasteiger partial charge is 0.265 e. The Morgan fingerprint density at radius 3 is 1.94 bits per heavy atom. The molecule has 3 heteroatoms. The molecular formula is C14H10N2S. The van der Waals surface area contributed by atoms with E-state index in [0.29, 0.717) is 0 Å². The highest BCUT2D eigenvalue weighted by atomic mass is 32.1. The Bertz CT molecular complexity index is 548. The molecule has 0 fully saturated rings. The van der Waals surface area contributed by atoms with Crippen LogP contribution in [-0.2, 0) is 0 Å². The molecule has 17 heavy (non-hydrogen) atoms. The van der Waals surface area contributed by atoms with E-state index in [2.05, 4.69) is 21.4 Å². The van der Waals surface area contributed by atoms with Gasteiger partial charge in [0.05, 0.1) is 0 Å². The van der Waals surface area contributed by atoms with Crippen molar-refractivity contribution in [2.45, 2.75) is 0 Å². The molecule has 2 nitrogen and oxygen atoms in total. The fourth-order valence-electron chi connectivity index (χ4n) is 1.79. The van der Waals surface area contributed by atoms with E-state index in [1.807, 2.05) is 49.1 Å². The first-order valence-corrected chi connectivity index (χ1v) is 6.21. The lowest BCUT2D eigenvalue weighted by Crippen LogP contribution is -1.80. The van der Waals surface area contributed by atoms with Crippen LogP contribution in [0.1, 0.15) is 0 Å². The first kappa shape index (κ1) is 10.2. The van der Waals surface area contributed by atoms with Crippen LogP contribution in [0.25, 0.3) is 21.6 Å². The van der Waals surface area contributed by atoms with Crippen molar-refractivity contribution in [1.82, 2.24) is 9.97 Å². The second-order valence-corrected chi connectivity index (χ2v) is 4.55. The molecule has 0 aliphatic rings. The minimum absolute atomic E-state index is 1.20. The zero-order valence-corrected chi connectivity index (χ0v) is 9.89. The molecule has 0 aliphatic heterocycles. The summed E-state index contributed by atoms with van der Waals surface area (Å²) in [6.45, 7) is 0. The number of nitrogens with zero attached hydrogens (tertiary/aromatic N) is 2. The summed E-state index contributed by atoms with van der Waals surface area (Å²) in [5.74, 6) is 0. The molecule has 0 saturated carbocycles. The zero-order valence-electron chi connectivity index (χ0n) is 9.08. The smallest absolute Gasteiger partial charge is 0.0422 e. The minimum atomic E-state index is 1.20. The maximum atomic E-state index is 4.05. The van der Waals surface area contributed by atoms with Crippen LogP contribution < -0.4 is 0 Å². The molecule has 0 saturated heterocycles. The Balaban J connectivity index is 2.13. The van der Waals surface area contributed by atoms with Crippen LogP contribution in [0, 0.1) is 0 Å². The van der Waals surface area contributed by atoms with Crippen molar-refractivity contribution in [3.8, 4) is 21.6 Å². The standard InChI is InChI=1S/C14H10N2S/c1-6-15-7-2-11(1)13-5-10-17-14(13)12-3-8-16-9-4-12/h1-10H. The van der Waals surface area contributed by atoms with E-state index in [9.17, 15) is 0 Å². The van der Waals surface area contributed by atoms with Crippen molar-refractivity contribution in [3.05, 3.63) is 60.5 Å². The van der Waals surface area contributed by atoms with Gasteiger partial charge in [0.25, 0.3) is 0 Å². The van der Waals surface area contributed by atoms with Gasteiger partial charge in [0, 0.05) is 35.2 Å². The Morgan fingerprint density at radius 2 is 1.29 bits per heavy atom. The first-order valence-electron chi connectivity index (χ1n) is 5.33. The maximum absolute atomic E-state index is 4.05. The summed E-state index contributed by atoms with van der Waals surface area (Å²) in [6.07, 6.45) is 7.30. The molecule has 0 atom stereocenters. The molecule has 3 aromatic heterocycles. The summed E-state index contributed by atoms with van der Waals surface area (Å²) in [6, 6.07) is 10.3. The number of thiophene rings is 1. The van der Waals surface area contributed by atoms with E-state index in [0.717, 1.165) is 0 Å². The third kappa shape index (κ3) is 1.97. The number of hydrogen-bond acceptors (Lipinski definition) is 3. The molecule has 0 amide bonds. The Labute approximate surface area is 104 Å². The van der Waals surface area contributed by atoms with Crippen LogP contribution in [0.3, 0.4) is 0 Å². The lowest BCUT2D eigenvalue weighted by Gasteiger charge is -2.03. The highest BCUT2D eigenvalue weighted by molar-refractivity contribution is 7.14. The van der Waals surface area contributed by atoms with Gasteiger partial charge in [0.15, 0.2) is 0 Å². The van der Waals surface area contributed by atoms with E-state index in [1.165, 1.54) is 21.6 Å². The van der Waals surface area contributed by atoms with Crippen LogP contribution in [0.2, 0.25) is 0 Å². The van der Waals surface area contributed by atoms with Crippen molar-refractivity contribution in [3.63, 3.8) is 0 Å². The van der Waals surface area contributed by atoms with Crippen LogP contribution in [0.5, 0.6) is 0 Å². The van der Waals surface area contributed by atoms with Crippen LogP contribution in [0.15, 0.2) is 60.5 Å². The lowest BCUT2D eigenvalue weighted by molar-refractivity contribution is 1.33. The zero-order chi connectivity index (χ0) is 11.5. The lowest BCUT2D eigenvalue weighted by atomic mass is 10.1. The van der Waals surface area contributed by atoms with Gasteiger partial charge in [-0.3, -0.25) is 9.97 Å². The second-order valence-electron chi connectivity index (χ2n) is 3.64. The molecule has 0 bridgehead atoms. The van der Waals surface area contributed by atoms with Crippen molar-refractivity contribution < 1.29 is 0 Å². The number of rotatable bonds is 2. The van der Waals surface area contributed by atoms with Crippen molar-refractivity contribution in [2.24, 2.45) is 0 Å². The fourth-order valence-corrected chi connectivity index (χ4v) is 2.72. The highest BCUT2D eigenvalue weighted by Crippen LogP contribution is 2.35. The van der Waals surface area contributed by atoms with Crippen LogP contribution in [-0.4, -0.2) is 9.97 Å². The molecule has 0 unspecified atom stereocenters. The Hall–Kier alpha value is -2.00. The number of pyridine rings is 2. The molecule has 82 valence electrons. The van der Waals surface area contributed by atoms with Crippen LogP contribution in [0.4, 0.5) is 0 Å². The van der Waals surface area contributed by atoms with Gasteiger partial charge in [-0.25, -0.2) is 0 Å². The topological polar surface area (TPSA) is 25.8 Å². The van der Waals surface area contributed by atoms with E-state index in [-0.39, 0.29) is 0 Å². The summed E-state index contributed by atoms with van der Waals surface area (Å²) >= 11 is 1.75. The predicted octanol–water partition coefficient (Wildman–Crippen LogP) is 3.87. The molecule has 3 heterocycles. The molecule has 0 radical (unpaired) electrons. The van der Waals surface area contributed by atoms with Gasteiger partial charge in [-0.15, -0.1) is 11.3 Å². The van der Waals surface area contributed by atoms with Gasteiger partial charge in [-0.1, -0.05) is 0 Å². The molecule has 0 spiro atoms. The molecule has 3 aromatic rings. The van der Waals surface area contributed by atoms with Crippen molar-refractivity contribution in [1.29, 1.82) is 0 Å². The van der Waals surface area contributed by atoms with E-state index in [1.54, 1.807) is 11.3 Å². The minimum Gasteiger partial charge on any atom is -0.265 e. The summed E-state index contributed by atoms with van der Waals surface area (Å²) in [5, 5.41) is 2.12. The molecule has 0 aliphatic carbocycles. The van der Waals surface area contributed by atoms with Crippen LogP contribution >= 0.6 is 11.3 Å². The number of hydrogen-bond donors (Lipinski definition) is 0. The Morgan fingerprint density at radius 1 is 0.706 bits per heavy atom. The molecule has 0 aromatic carbocycles. The van der Waals surface area contributed by atoms with Gasteiger partial charge in [-0.05, 0) is 46.8 Å². The Kier molecular flexibility index (Phi) is 2.68. The van der Waals surface area contributed by atoms with Gasteiger partial charge >= 0.3 is 0 Å². The molecule has 0 N–H and O–H groups in total. The van der Waals surface area contributed by atoms with Gasteiger partial charge in [0.2, 0.25) is 0 Å². The van der Waals surface area contributed by atoms with Gasteiger partial charge < -0.3 is 0 Å². The van der Waals surface area contributed by atoms with Gasteiger partial charge in [0.1, 0.15) is 0 Å². The van der Waals surface area contributed by atoms with E-state index in [4.69, 9.17) is 0 Å². The normalized spacial score (nSPS) is 10.4. The summed E-state index contributed by atoms with van der Waals surface area (Å²) < 4.78 is 0. The summed E-state index contributed by atoms with van der Waals surface area (Å²) in [7, 11) is 0. The molecule has 3 rings (SSSR count). The van der Waals surface area contributed by atoms with Crippen molar-refractivity contribution >= 4 is 11.3 Å². The maximum Gasteiger partial charge on any atom is 0.0422 e.